The van der Waals surface area contributed by atoms with Gasteiger partial charge in [0.2, 0.25) is 0 Å². The van der Waals surface area contributed by atoms with Crippen LogP contribution >= 0.6 is 0 Å². The van der Waals surface area contributed by atoms with Gasteiger partial charge in [0.25, 0.3) is 0 Å². The average Bonchev–Trinajstić information content (AvgIpc) is 3.02. The van der Waals surface area contributed by atoms with Crippen molar-refractivity contribution in [3.8, 4) is 17.6 Å². The quantitative estimate of drug-likeness (QED) is 0.646. The third-order valence-electron chi connectivity index (χ3n) is 7.67. The van der Waals surface area contributed by atoms with Gasteiger partial charge in [-0.2, -0.15) is 0 Å². The fourth-order valence-electron chi connectivity index (χ4n) is 6.14. The summed E-state index contributed by atoms with van der Waals surface area (Å²) in [6, 6.07) is 14.0. The summed E-state index contributed by atoms with van der Waals surface area (Å²) in [5.74, 6) is 8.76. The van der Waals surface area contributed by atoms with Crippen molar-refractivity contribution in [3.63, 3.8) is 0 Å². The van der Waals surface area contributed by atoms with Crippen molar-refractivity contribution in [2.45, 2.75) is 51.4 Å². The number of aromatic hydroxyl groups is 1. The van der Waals surface area contributed by atoms with E-state index in [0.717, 1.165) is 49.7 Å². The van der Waals surface area contributed by atoms with Crippen molar-refractivity contribution in [1.29, 1.82) is 0 Å². The van der Waals surface area contributed by atoms with E-state index in [9.17, 15) is 9.90 Å². The third kappa shape index (κ3) is 2.68. The lowest BCUT2D eigenvalue weighted by Gasteiger charge is -2.48. The minimum Gasteiger partial charge on any atom is -0.507 e. The largest absolute Gasteiger partial charge is 0.507 e. The molecule has 0 heterocycles. The molecule has 2 heteroatoms. The summed E-state index contributed by atoms with van der Waals surface area (Å²) in [6.07, 6.45) is 6.04. The van der Waals surface area contributed by atoms with E-state index in [2.05, 4.69) is 24.8 Å². The molecule has 0 saturated heterocycles. The van der Waals surface area contributed by atoms with E-state index in [0.29, 0.717) is 23.5 Å². The van der Waals surface area contributed by atoms with Crippen molar-refractivity contribution in [2.24, 2.45) is 17.3 Å². The molecule has 2 nitrogen and oxygen atoms in total. The Morgan fingerprint density at radius 1 is 1.04 bits per heavy atom. The van der Waals surface area contributed by atoms with Gasteiger partial charge < -0.3 is 5.11 Å². The normalized spacial score (nSPS) is 30.6. The molecule has 2 fully saturated rings. The summed E-state index contributed by atoms with van der Waals surface area (Å²) in [5.41, 5.74) is 4.23. The maximum Gasteiger partial charge on any atom is 0.139 e. The lowest BCUT2D eigenvalue weighted by Crippen LogP contribution is -2.42. The Hall–Kier alpha value is -2.53. The highest BCUT2D eigenvalue weighted by molar-refractivity contribution is 5.87. The summed E-state index contributed by atoms with van der Waals surface area (Å²) in [6.45, 7) is 2.21. The number of fused-ring (bicyclic) bond motifs is 5. The lowest BCUT2D eigenvalue weighted by atomic mass is 9.55. The van der Waals surface area contributed by atoms with Gasteiger partial charge in [-0.15, -0.1) is 0 Å². The molecule has 3 aliphatic carbocycles. The zero-order chi connectivity index (χ0) is 19.3. The van der Waals surface area contributed by atoms with Gasteiger partial charge in [0, 0.05) is 17.4 Å². The highest BCUT2D eigenvalue weighted by Crippen LogP contribution is 2.59. The maximum atomic E-state index is 12.5. The van der Waals surface area contributed by atoms with Gasteiger partial charge in [-0.25, -0.2) is 0 Å². The molecule has 2 saturated carbocycles. The predicted octanol–water partition coefficient (Wildman–Crippen LogP) is 5.22. The molecule has 28 heavy (non-hydrogen) atoms. The predicted molar refractivity (Wildman–Crippen MR) is 110 cm³/mol. The van der Waals surface area contributed by atoms with Crippen LogP contribution in [-0.2, 0) is 11.2 Å². The summed E-state index contributed by atoms with van der Waals surface area (Å²) in [4.78, 5) is 12.5. The first kappa shape index (κ1) is 17.6. The number of Topliss-reactive ketones (excluding diaryl/α,β-unsaturated/α-hetero) is 1. The van der Waals surface area contributed by atoms with E-state index in [1.807, 2.05) is 36.4 Å². The molecule has 1 N–H and O–H groups in total. The number of phenols is 1. The Morgan fingerprint density at radius 2 is 1.86 bits per heavy atom. The number of carbonyl (C=O) groups excluding carboxylic acids is 1. The number of hydrogen-bond donors (Lipinski definition) is 1. The molecule has 3 aliphatic rings. The van der Waals surface area contributed by atoms with Gasteiger partial charge in [0.1, 0.15) is 11.5 Å². The molecule has 0 aliphatic heterocycles. The standard InChI is InChI=1S/C26H26O2/c1-26-14-13-20-21(23(26)11-12-25(26)28)10-9-18-16-24(27)19(15-22(18)20)8-7-17-5-3-2-4-6-17/h2-6,15-16,20-21,23,27H,9-14H2,1H3/t20?,21?,23?,26-/m0/s1. The second-order valence-electron chi connectivity index (χ2n) is 9.02. The number of benzene rings is 2. The van der Waals surface area contributed by atoms with Crippen LogP contribution in [0.1, 0.15) is 67.2 Å². The Balaban J connectivity index is 1.50. The molecule has 3 unspecified atom stereocenters. The number of aryl methyl sites for hydroxylation is 1. The first-order valence-electron chi connectivity index (χ1n) is 10.5. The monoisotopic (exact) mass is 370 g/mol. The summed E-state index contributed by atoms with van der Waals surface area (Å²) >= 11 is 0. The minimum absolute atomic E-state index is 0.0917. The average molecular weight is 370 g/mol. The van der Waals surface area contributed by atoms with Gasteiger partial charge in [0.15, 0.2) is 0 Å². The van der Waals surface area contributed by atoms with Crippen molar-refractivity contribution in [1.82, 2.24) is 0 Å². The molecular weight excluding hydrogens is 344 g/mol. The Bertz CT molecular complexity index is 994. The molecular formula is C26H26O2. The van der Waals surface area contributed by atoms with Crippen LogP contribution in [0.3, 0.4) is 0 Å². The number of hydrogen-bond acceptors (Lipinski definition) is 2. The minimum atomic E-state index is -0.0917. The fourth-order valence-corrected chi connectivity index (χ4v) is 6.14. The lowest BCUT2D eigenvalue weighted by molar-refractivity contribution is -0.129. The van der Waals surface area contributed by atoms with Crippen LogP contribution in [0.2, 0.25) is 0 Å². The molecule has 0 aromatic heterocycles. The Morgan fingerprint density at radius 3 is 2.68 bits per heavy atom. The number of phenolic OH excluding ortho intramolecular Hbond substituents is 1. The number of ketones is 1. The van der Waals surface area contributed by atoms with Gasteiger partial charge in [-0.05, 0) is 85.3 Å². The summed E-state index contributed by atoms with van der Waals surface area (Å²) in [5, 5.41) is 10.5. The van der Waals surface area contributed by atoms with Crippen LogP contribution in [-0.4, -0.2) is 10.9 Å². The van der Waals surface area contributed by atoms with Crippen molar-refractivity contribution < 1.29 is 9.90 Å². The SMILES string of the molecule is C[C@]12CCC3c4cc(C#Cc5ccccc5)c(O)cc4CCC3C1CCC2=O. The smallest absolute Gasteiger partial charge is 0.139 e. The summed E-state index contributed by atoms with van der Waals surface area (Å²) in [7, 11) is 0. The molecule has 2 aromatic carbocycles. The molecule has 142 valence electrons. The van der Waals surface area contributed by atoms with Crippen LogP contribution < -0.4 is 0 Å². The first-order chi connectivity index (χ1) is 13.6. The molecule has 4 atom stereocenters. The van der Waals surface area contributed by atoms with E-state index >= 15 is 0 Å². The van der Waals surface area contributed by atoms with Crippen molar-refractivity contribution in [3.05, 3.63) is 64.7 Å². The Kier molecular flexibility index (Phi) is 4.09. The van der Waals surface area contributed by atoms with Gasteiger partial charge in [-0.1, -0.05) is 37.0 Å². The van der Waals surface area contributed by atoms with E-state index in [-0.39, 0.29) is 11.2 Å². The van der Waals surface area contributed by atoms with Crippen LogP contribution in [0.25, 0.3) is 0 Å². The van der Waals surface area contributed by atoms with E-state index in [1.165, 1.54) is 11.1 Å². The molecule has 0 amide bonds. The van der Waals surface area contributed by atoms with E-state index < -0.39 is 0 Å². The number of rotatable bonds is 0. The van der Waals surface area contributed by atoms with Crippen LogP contribution in [0.4, 0.5) is 0 Å². The summed E-state index contributed by atoms with van der Waals surface area (Å²) < 4.78 is 0. The zero-order valence-electron chi connectivity index (χ0n) is 16.4. The van der Waals surface area contributed by atoms with E-state index in [1.54, 1.807) is 0 Å². The van der Waals surface area contributed by atoms with Crippen molar-refractivity contribution >= 4 is 5.78 Å². The molecule has 0 spiro atoms. The molecule has 0 radical (unpaired) electrons. The van der Waals surface area contributed by atoms with Crippen LogP contribution in [0.5, 0.6) is 5.75 Å². The highest BCUT2D eigenvalue weighted by Gasteiger charge is 2.54. The zero-order valence-corrected chi connectivity index (χ0v) is 16.4. The van der Waals surface area contributed by atoms with Crippen LogP contribution in [0, 0.1) is 29.1 Å². The Labute approximate surface area is 167 Å². The molecule has 5 rings (SSSR count). The fraction of sp³-hybridized carbons (Fsp3) is 0.423. The second kappa shape index (κ2) is 6.52. The highest BCUT2D eigenvalue weighted by atomic mass is 16.3. The topological polar surface area (TPSA) is 37.3 Å². The third-order valence-corrected chi connectivity index (χ3v) is 7.67. The first-order valence-corrected chi connectivity index (χ1v) is 10.5. The van der Waals surface area contributed by atoms with Gasteiger partial charge >= 0.3 is 0 Å². The molecule has 0 bridgehead atoms. The van der Waals surface area contributed by atoms with Gasteiger partial charge in [-0.3, -0.25) is 4.79 Å². The van der Waals surface area contributed by atoms with Crippen LogP contribution in [0.15, 0.2) is 42.5 Å². The van der Waals surface area contributed by atoms with Gasteiger partial charge in [0.05, 0.1) is 5.56 Å². The van der Waals surface area contributed by atoms with E-state index in [4.69, 9.17) is 0 Å². The molecule has 2 aromatic rings. The maximum absolute atomic E-state index is 12.5. The van der Waals surface area contributed by atoms with Crippen molar-refractivity contribution in [2.75, 3.05) is 0 Å². The number of carbonyl (C=O) groups is 1. The second-order valence-corrected chi connectivity index (χ2v) is 9.02.